The average Bonchev–Trinajstić information content (AvgIpc) is 2.71. The minimum Gasteiger partial charge on any atom is -0.370 e. The molecule has 2 aliphatic heterocycles. The molecule has 0 bridgehead atoms. The maximum atomic E-state index is 11.6. The van der Waals surface area contributed by atoms with Gasteiger partial charge in [0.05, 0.1) is 0 Å². The first-order chi connectivity index (χ1) is 9.41. The van der Waals surface area contributed by atoms with Crippen LogP contribution in [0.2, 0.25) is 19.6 Å². The third-order valence-corrected chi connectivity index (χ3v) is 5.88. The lowest BCUT2D eigenvalue weighted by Crippen LogP contribution is -2.49. The number of hydrogen-bond donors (Lipinski definition) is 1. The summed E-state index contributed by atoms with van der Waals surface area (Å²) in [6, 6.07) is 0. The van der Waals surface area contributed by atoms with E-state index in [1.807, 2.05) is 0 Å². The summed E-state index contributed by atoms with van der Waals surface area (Å²) in [4.78, 5) is 22.2. The zero-order chi connectivity index (χ0) is 15.0. The third kappa shape index (κ3) is 6.55. The quantitative estimate of drug-likeness (QED) is 0.757. The number of carbonyl (C=O) groups excluding carboxylic acids is 2. The number of carbonyl (C=O) groups is 2. The molecule has 0 spiro atoms. The van der Waals surface area contributed by atoms with Crippen LogP contribution in [0, 0.1) is 0 Å². The van der Waals surface area contributed by atoms with Gasteiger partial charge < -0.3 is 9.88 Å². The first kappa shape index (κ1) is 17.2. The molecule has 2 saturated heterocycles. The molecule has 0 aromatic heterocycles. The van der Waals surface area contributed by atoms with Gasteiger partial charge in [0.25, 0.3) is 0 Å². The average molecular weight is 299 g/mol. The van der Waals surface area contributed by atoms with E-state index >= 15 is 0 Å². The molecular formula is C15H30N2O2Si. The van der Waals surface area contributed by atoms with Crippen molar-refractivity contribution in [2.24, 2.45) is 0 Å². The molecule has 2 heterocycles. The summed E-state index contributed by atoms with van der Waals surface area (Å²) in [5.74, 6) is 0.620. The second kappa shape index (κ2) is 8.45. The van der Waals surface area contributed by atoms with Crippen molar-refractivity contribution in [3.8, 4) is 0 Å². The molecular weight excluding hydrogens is 268 g/mol. The Morgan fingerprint density at radius 3 is 2.25 bits per heavy atom. The Hall–Kier alpha value is -0.843. The van der Waals surface area contributed by atoms with Crippen molar-refractivity contribution in [1.29, 1.82) is 0 Å². The molecule has 0 aromatic rings. The van der Waals surface area contributed by atoms with Crippen LogP contribution in [-0.4, -0.2) is 37.7 Å². The second-order valence-corrected chi connectivity index (χ2v) is 11.6. The van der Waals surface area contributed by atoms with Crippen LogP contribution in [0.15, 0.2) is 0 Å². The van der Waals surface area contributed by atoms with Crippen molar-refractivity contribution in [3.63, 3.8) is 0 Å². The van der Waals surface area contributed by atoms with Crippen LogP contribution in [0.5, 0.6) is 0 Å². The van der Waals surface area contributed by atoms with Crippen LogP contribution >= 0.6 is 0 Å². The molecule has 1 N–H and O–H groups in total. The van der Waals surface area contributed by atoms with E-state index in [0.717, 1.165) is 45.2 Å². The van der Waals surface area contributed by atoms with Gasteiger partial charge in [-0.15, -0.1) is 0 Å². The summed E-state index contributed by atoms with van der Waals surface area (Å²) in [6.45, 7) is 8.63. The lowest BCUT2D eigenvalue weighted by Gasteiger charge is -2.33. The van der Waals surface area contributed by atoms with Gasteiger partial charge in [-0.25, -0.2) is 0 Å². The molecule has 0 aliphatic carbocycles. The molecule has 0 radical (unpaired) electrons. The van der Waals surface area contributed by atoms with Gasteiger partial charge in [-0.1, -0.05) is 32.5 Å². The van der Waals surface area contributed by atoms with Gasteiger partial charge in [0.15, 0.2) is 8.24 Å². The topological polar surface area (TPSA) is 49.4 Å². The zero-order valence-electron chi connectivity index (χ0n) is 13.3. The Morgan fingerprint density at radius 1 is 0.900 bits per heavy atom. The Bertz CT molecular complexity index is 316. The minimum absolute atomic E-state index is 0.225. The van der Waals surface area contributed by atoms with Crippen LogP contribution in [0.25, 0.3) is 0 Å². The van der Waals surface area contributed by atoms with E-state index in [4.69, 9.17) is 0 Å². The summed E-state index contributed by atoms with van der Waals surface area (Å²) in [6.07, 6.45) is 8.49. The molecule has 20 heavy (non-hydrogen) atoms. The van der Waals surface area contributed by atoms with Gasteiger partial charge in [0.2, 0.25) is 11.8 Å². The molecule has 2 fully saturated rings. The molecule has 5 heteroatoms. The van der Waals surface area contributed by atoms with Crippen molar-refractivity contribution in [1.82, 2.24) is 9.88 Å². The highest BCUT2D eigenvalue weighted by Gasteiger charge is 2.28. The summed E-state index contributed by atoms with van der Waals surface area (Å²) >= 11 is 0. The fourth-order valence-electron chi connectivity index (χ4n) is 2.60. The SMILES string of the molecule is C[Si](C)(C)N1CCCCCC1=O.O=C1CCCCCN1. The smallest absolute Gasteiger partial charge is 0.219 e. The van der Waals surface area contributed by atoms with Crippen LogP contribution in [0.4, 0.5) is 0 Å². The largest absolute Gasteiger partial charge is 0.370 e. The highest BCUT2D eigenvalue weighted by Crippen LogP contribution is 2.17. The highest BCUT2D eigenvalue weighted by molar-refractivity contribution is 6.75. The van der Waals surface area contributed by atoms with Crippen molar-refractivity contribution < 1.29 is 9.59 Å². The molecule has 2 amide bonds. The van der Waals surface area contributed by atoms with E-state index in [9.17, 15) is 9.59 Å². The van der Waals surface area contributed by atoms with Crippen LogP contribution in [-0.2, 0) is 9.59 Å². The van der Waals surface area contributed by atoms with Crippen LogP contribution in [0.3, 0.4) is 0 Å². The summed E-state index contributed by atoms with van der Waals surface area (Å²) in [7, 11) is -1.37. The third-order valence-electron chi connectivity index (χ3n) is 3.79. The lowest BCUT2D eigenvalue weighted by molar-refractivity contribution is -0.126. The van der Waals surface area contributed by atoms with E-state index in [1.165, 1.54) is 19.3 Å². The molecule has 0 saturated carbocycles. The lowest BCUT2D eigenvalue weighted by atomic mass is 10.2. The second-order valence-electron chi connectivity index (χ2n) is 6.69. The predicted molar refractivity (Wildman–Crippen MR) is 85.0 cm³/mol. The van der Waals surface area contributed by atoms with Gasteiger partial charge in [-0.05, 0) is 25.7 Å². The molecule has 4 nitrogen and oxygen atoms in total. The molecule has 0 atom stereocenters. The molecule has 0 aromatic carbocycles. The van der Waals surface area contributed by atoms with E-state index < -0.39 is 8.24 Å². The van der Waals surface area contributed by atoms with Gasteiger partial charge in [-0.3, -0.25) is 9.59 Å². The fourth-order valence-corrected chi connectivity index (χ4v) is 4.28. The standard InChI is InChI=1S/C9H19NOSi.C6H11NO/c1-12(2,3)10-8-6-4-5-7-9(10)11;8-6-4-2-1-3-5-7-6/h4-8H2,1-3H3;1-5H2,(H,7,8). The Morgan fingerprint density at radius 2 is 1.55 bits per heavy atom. The number of hydrogen-bond acceptors (Lipinski definition) is 2. The Kier molecular flexibility index (Phi) is 7.27. The maximum absolute atomic E-state index is 11.6. The summed E-state index contributed by atoms with van der Waals surface area (Å²) in [5.41, 5.74) is 0. The van der Waals surface area contributed by atoms with Crippen molar-refractivity contribution >= 4 is 20.0 Å². The van der Waals surface area contributed by atoms with Gasteiger partial charge >= 0.3 is 0 Å². The van der Waals surface area contributed by atoms with Gasteiger partial charge in [0, 0.05) is 25.9 Å². The summed E-state index contributed by atoms with van der Waals surface area (Å²) in [5, 5.41) is 2.81. The zero-order valence-corrected chi connectivity index (χ0v) is 14.3. The number of rotatable bonds is 1. The van der Waals surface area contributed by atoms with E-state index in [2.05, 4.69) is 29.5 Å². The van der Waals surface area contributed by atoms with E-state index in [-0.39, 0.29) is 5.91 Å². The van der Waals surface area contributed by atoms with Crippen molar-refractivity contribution in [2.75, 3.05) is 13.1 Å². The highest BCUT2D eigenvalue weighted by atomic mass is 28.3. The Labute approximate surface area is 124 Å². The van der Waals surface area contributed by atoms with E-state index in [1.54, 1.807) is 0 Å². The van der Waals surface area contributed by atoms with E-state index in [0.29, 0.717) is 5.91 Å². The van der Waals surface area contributed by atoms with Gasteiger partial charge in [-0.2, -0.15) is 0 Å². The normalized spacial score (nSPS) is 21.2. The first-order valence-electron chi connectivity index (χ1n) is 7.98. The number of amides is 2. The van der Waals surface area contributed by atoms with Crippen molar-refractivity contribution in [2.45, 2.75) is 71.0 Å². The fraction of sp³-hybridized carbons (Fsp3) is 0.867. The van der Waals surface area contributed by atoms with Crippen LogP contribution < -0.4 is 5.32 Å². The summed E-state index contributed by atoms with van der Waals surface area (Å²) < 4.78 is 2.15. The number of nitrogens with one attached hydrogen (secondary N) is 1. The Balaban J connectivity index is 0.000000217. The molecule has 116 valence electrons. The van der Waals surface area contributed by atoms with Crippen molar-refractivity contribution in [3.05, 3.63) is 0 Å². The van der Waals surface area contributed by atoms with Gasteiger partial charge in [0.1, 0.15) is 0 Å². The maximum Gasteiger partial charge on any atom is 0.219 e. The monoisotopic (exact) mass is 298 g/mol. The number of nitrogens with zero attached hydrogens (tertiary/aromatic N) is 1. The molecule has 0 unspecified atom stereocenters. The minimum atomic E-state index is -1.37. The molecule has 2 aliphatic rings. The molecule has 2 rings (SSSR count). The first-order valence-corrected chi connectivity index (χ1v) is 11.4. The predicted octanol–water partition coefficient (Wildman–Crippen LogP) is 2.90. The van der Waals surface area contributed by atoms with Crippen LogP contribution in [0.1, 0.15) is 51.4 Å².